The molecule has 0 spiro atoms. The number of likely N-dealkylation sites (N-methyl/N-ethyl adjacent to an activating group) is 1. The second-order valence-corrected chi connectivity index (χ2v) is 10.9. The number of carbonyl (C=O) groups is 1. The van der Waals surface area contributed by atoms with Crippen LogP contribution in [0.5, 0.6) is 0 Å². The Balaban J connectivity index is 1.96. The lowest BCUT2D eigenvalue weighted by molar-refractivity contribution is -0.121. The highest BCUT2D eigenvalue weighted by Gasteiger charge is 2.28. The average molecular weight is 452 g/mol. The fourth-order valence-corrected chi connectivity index (χ4v) is 6.31. The number of hydrogen-bond donors (Lipinski definition) is 1. The summed E-state index contributed by atoms with van der Waals surface area (Å²) in [5.41, 5.74) is 0. The molecule has 1 N–H and O–H groups in total. The topological polar surface area (TPSA) is 79.0 Å². The first-order valence-corrected chi connectivity index (χ1v) is 12.2. The van der Waals surface area contributed by atoms with E-state index in [4.69, 9.17) is 16.3 Å². The first-order chi connectivity index (χ1) is 13.3. The first-order valence-electron chi connectivity index (χ1n) is 9.59. The zero-order chi connectivity index (χ0) is 20.7. The lowest BCUT2D eigenvalue weighted by Gasteiger charge is -2.38. The maximum absolute atomic E-state index is 12.5. The number of rotatable bonds is 10. The van der Waals surface area contributed by atoms with Crippen LogP contribution in [0.3, 0.4) is 0 Å². The molecule has 28 heavy (non-hydrogen) atoms. The van der Waals surface area contributed by atoms with Gasteiger partial charge in [-0.05, 0) is 18.1 Å². The van der Waals surface area contributed by atoms with Gasteiger partial charge in [-0.3, -0.25) is 9.69 Å². The molecule has 1 fully saturated rings. The second-order valence-electron chi connectivity index (χ2n) is 6.92. The molecular weight excluding hydrogens is 422 g/mol. The van der Waals surface area contributed by atoms with Crippen LogP contribution in [0.2, 0.25) is 4.34 Å². The van der Waals surface area contributed by atoms with Gasteiger partial charge in [0.15, 0.2) is 0 Å². The Morgan fingerprint density at radius 3 is 2.50 bits per heavy atom. The van der Waals surface area contributed by atoms with Crippen molar-refractivity contribution in [1.82, 2.24) is 14.5 Å². The zero-order valence-electron chi connectivity index (χ0n) is 16.7. The van der Waals surface area contributed by atoms with Gasteiger partial charge < -0.3 is 10.1 Å². The highest BCUT2D eigenvalue weighted by Crippen LogP contribution is 2.27. The minimum Gasteiger partial charge on any atom is -0.379 e. The summed E-state index contributed by atoms with van der Waals surface area (Å²) in [7, 11) is -2.31. The monoisotopic (exact) mass is 451 g/mol. The molecule has 0 aliphatic carbocycles. The SMILES string of the molecule is CCC(CC)C(CNC(=O)CN(C)S(=O)(=O)c1ccc(Cl)s1)N1CCOCC1. The number of morpholine rings is 1. The van der Waals surface area contributed by atoms with Gasteiger partial charge in [0.25, 0.3) is 10.0 Å². The number of thiophene rings is 1. The summed E-state index contributed by atoms with van der Waals surface area (Å²) in [6, 6.07) is 3.22. The van der Waals surface area contributed by atoms with E-state index in [1.54, 1.807) is 0 Å². The van der Waals surface area contributed by atoms with Crippen LogP contribution in [0.25, 0.3) is 0 Å². The van der Waals surface area contributed by atoms with E-state index in [0.717, 1.165) is 41.6 Å². The molecule has 1 aliphatic heterocycles. The minimum absolute atomic E-state index is 0.135. The number of nitrogens with one attached hydrogen (secondary N) is 1. The molecule has 0 aromatic carbocycles. The third-order valence-electron chi connectivity index (χ3n) is 5.20. The van der Waals surface area contributed by atoms with Gasteiger partial charge >= 0.3 is 0 Å². The van der Waals surface area contributed by atoms with Crippen molar-refractivity contribution in [3.63, 3.8) is 0 Å². The molecule has 2 rings (SSSR count). The summed E-state index contributed by atoms with van der Waals surface area (Å²) in [5, 5.41) is 2.94. The molecule has 0 saturated carbocycles. The zero-order valence-corrected chi connectivity index (χ0v) is 19.1. The summed E-state index contributed by atoms with van der Waals surface area (Å²) < 4.78 is 32.1. The molecule has 1 saturated heterocycles. The van der Waals surface area contributed by atoms with Gasteiger partial charge in [-0.1, -0.05) is 38.3 Å². The molecule has 0 radical (unpaired) electrons. The lowest BCUT2D eigenvalue weighted by Crippen LogP contribution is -2.52. The number of hydrogen-bond acceptors (Lipinski definition) is 6. The van der Waals surface area contributed by atoms with Gasteiger partial charge in [-0.25, -0.2) is 8.42 Å². The van der Waals surface area contributed by atoms with Crippen LogP contribution >= 0.6 is 22.9 Å². The molecule has 1 aromatic rings. The van der Waals surface area contributed by atoms with Crippen molar-refractivity contribution >= 4 is 38.9 Å². The van der Waals surface area contributed by atoms with E-state index in [2.05, 4.69) is 24.1 Å². The largest absolute Gasteiger partial charge is 0.379 e. The van der Waals surface area contributed by atoms with E-state index in [0.29, 0.717) is 30.0 Å². The average Bonchev–Trinajstić information content (AvgIpc) is 3.13. The molecule has 2 heterocycles. The summed E-state index contributed by atoms with van der Waals surface area (Å²) in [5.74, 6) is 0.158. The van der Waals surface area contributed by atoms with Crippen molar-refractivity contribution in [2.45, 2.75) is 36.9 Å². The van der Waals surface area contributed by atoms with E-state index in [9.17, 15) is 13.2 Å². The van der Waals surface area contributed by atoms with Crippen molar-refractivity contribution in [3.8, 4) is 0 Å². The molecule has 1 aromatic heterocycles. The van der Waals surface area contributed by atoms with Crippen molar-refractivity contribution in [2.75, 3.05) is 46.4 Å². The second kappa shape index (κ2) is 10.9. The fraction of sp³-hybridized carbons (Fsp3) is 0.722. The molecule has 1 amide bonds. The van der Waals surface area contributed by atoms with E-state index in [1.165, 1.54) is 19.2 Å². The normalized spacial score (nSPS) is 17.2. The number of ether oxygens (including phenoxy) is 1. The number of halogens is 1. The van der Waals surface area contributed by atoms with Gasteiger partial charge in [-0.15, -0.1) is 11.3 Å². The number of amides is 1. The number of carbonyl (C=O) groups excluding carboxylic acids is 1. The van der Waals surface area contributed by atoms with Crippen molar-refractivity contribution in [1.29, 1.82) is 0 Å². The Morgan fingerprint density at radius 1 is 1.32 bits per heavy atom. The van der Waals surface area contributed by atoms with Crippen LogP contribution in [-0.2, 0) is 19.6 Å². The van der Waals surface area contributed by atoms with E-state index < -0.39 is 10.0 Å². The predicted octanol–water partition coefficient (Wildman–Crippen LogP) is 2.28. The Labute approximate surface area is 177 Å². The lowest BCUT2D eigenvalue weighted by atomic mass is 9.92. The summed E-state index contributed by atoms with van der Waals surface area (Å²) in [6.07, 6.45) is 2.06. The highest BCUT2D eigenvalue weighted by atomic mass is 35.5. The van der Waals surface area contributed by atoms with Crippen LogP contribution in [0, 0.1) is 5.92 Å². The van der Waals surface area contributed by atoms with Gasteiger partial charge in [-0.2, -0.15) is 4.31 Å². The van der Waals surface area contributed by atoms with Gasteiger partial charge in [0.2, 0.25) is 5.91 Å². The Bertz CT molecular complexity index is 731. The van der Waals surface area contributed by atoms with Crippen LogP contribution in [0.15, 0.2) is 16.3 Å². The van der Waals surface area contributed by atoms with Crippen LogP contribution in [0.4, 0.5) is 0 Å². The quantitative estimate of drug-likeness (QED) is 0.590. The predicted molar refractivity (Wildman–Crippen MR) is 112 cm³/mol. The Kier molecular flexibility index (Phi) is 9.17. The van der Waals surface area contributed by atoms with Crippen molar-refractivity contribution < 1.29 is 17.9 Å². The third kappa shape index (κ3) is 6.14. The van der Waals surface area contributed by atoms with Crippen LogP contribution in [-0.4, -0.2) is 76.0 Å². The van der Waals surface area contributed by atoms with Gasteiger partial charge in [0, 0.05) is 32.7 Å². The molecule has 7 nitrogen and oxygen atoms in total. The highest BCUT2D eigenvalue weighted by molar-refractivity contribution is 7.91. The van der Waals surface area contributed by atoms with E-state index in [1.807, 2.05) is 0 Å². The molecule has 0 bridgehead atoms. The summed E-state index contributed by atoms with van der Waals surface area (Å²) in [6.45, 7) is 7.71. The smallest absolute Gasteiger partial charge is 0.252 e. The van der Waals surface area contributed by atoms with Gasteiger partial charge in [0.05, 0.1) is 24.1 Å². The van der Waals surface area contributed by atoms with Crippen molar-refractivity contribution in [2.24, 2.45) is 5.92 Å². The minimum atomic E-state index is -3.72. The summed E-state index contributed by atoms with van der Waals surface area (Å²) in [4.78, 5) is 14.8. The molecule has 1 atom stereocenters. The van der Waals surface area contributed by atoms with E-state index in [-0.39, 0.29) is 22.7 Å². The maximum atomic E-state index is 12.5. The van der Waals surface area contributed by atoms with E-state index >= 15 is 0 Å². The Morgan fingerprint density at radius 2 is 1.96 bits per heavy atom. The molecule has 10 heteroatoms. The Hall–Kier alpha value is -0.710. The first kappa shape index (κ1) is 23.6. The standard InChI is InChI=1S/C18H30ClN3O4S2/c1-4-14(5-2)15(22-8-10-26-11-9-22)12-20-17(23)13-21(3)28(24,25)18-7-6-16(19)27-18/h6-7,14-15H,4-5,8-13H2,1-3H3,(H,20,23). The molecular formula is C18H30ClN3O4S2. The fourth-order valence-electron chi connectivity index (χ4n) is 3.49. The van der Waals surface area contributed by atoms with Crippen molar-refractivity contribution in [3.05, 3.63) is 16.5 Å². The summed E-state index contributed by atoms with van der Waals surface area (Å²) >= 11 is 6.82. The molecule has 1 unspecified atom stereocenters. The van der Waals surface area contributed by atoms with Crippen LogP contribution in [0.1, 0.15) is 26.7 Å². The third-order valence-corrected chi connectivity index (χ3v) is 8.70. The molecule has 1 aliphatic rings. The molecule has 160 valence electrons. The maximum Gasteiger partial charge on any atom is 0.252 e. The van der Waals surface area contributed by atoms with Crippen LogP contribution < -0.4 is 5.32 Å². The number of nitrogens with zero attached hydrogens (tertiary/aromatic N) is 2. The number of sulfonamides is 1. The van der Waals surface area contributed by atoms with Gasteiger partial charge in [0.1, 0.15) is 4.21 Å².